The fourth-order valence-electron chi connectivity index (χ4n) is 2.96. The minimum Gasteiger partial charge on any atom is -0.497 e. The van der Waals surface area contributed by atoms with Crippen LogP contribution in [0.2, 0.25) is 0 Å². The second kappa shape index (κ2) is 7.63. The van der Waals surface area contributed by atoms with Crippen molar-refractivity contribution >= 4 is 5.97 Å². The Morgan fingerprint density at radius 3 is 2.69 bits per heavy atom. The summed E-state index contributed by atoms with van der Waals surface area (Å²) in [4.78, 5) is 11.9. The van der Waals surface area contributed by atoms with Gasteiger partial charge >= 0.3 is 5.97 Å². The first kappa shape index (κ1) is 18.0. The molecule has 0 aromatic heterocycles. The Hall–Kier alpha value is -2.77. The van der Waals surface area contributed by atoms with Crippen molar-refractivity contribution in [2.45, 2.75) is 32.0 Å². The molecule has 134 valence electrons. The summed E-state index contributed by atoms with van der Waals surface area (Å²) in [5, 5.41) is 0. The molecule has 0 aliphatic carbocycles. The van der Waals surface area contributed by atoms with Crippen LogP contribution in [0.1, 0.15) is 47.9 Å². The normalized spacial score (nSPS) is 17.0. The predicted octanol–water partition coefficient (Wildman–Crippen LogP) is 4.25. The third-order valence-electron chi connectivity index (χ3n) is 4.31. The molecule has 1 unspecified atom stereocenters. The first-order chi connectivity index (χ1) is 12.5. The summed E-state index contributed by atoms with van der Waals surface area (Å²) in [6.07, 6.45) is 0.181. The molecule has 0 amide bonds. The maximum atomic E-state index is 11.9. The van der Waals surface area contributed by atoms with E-state index in [1.165, 1.54) is 0 Å². The molecule has 4 heteroatoms. The molecule has 0 saturated carbocycles. The van der Waals surface area contributed by atoms with Crippen LogP contribution in [0.4, 0.5) is 0 Å². The van der Waals surface area contributed by atoms with E-state index in [0.29, 0.717) is 12.0 Å². The Labute approximate surface area is 154 Å². The van der Waals surface area contributed by atoms with Crippen LogP contribution in [0.25, 0.3) is 0 Å². The molecule has 0 spiro atoms. The van der Waals surface area contributed by atoms with Crippen molar-refractivity contribution in [1.82, 2.24) is 0 Å². The van der Waals surface area contributed by atoms with Gasteiger partial charge in [-0.05, 0) is 49.2 Å². The van der Waals surface area contributed by atoms with Gasteiger partial charge in [0.25, 0.3) is 0 Å². The standard InChI is InChI=1S/C22H22O4/c1-22(2)19-15-17(24-3)12-13-18(19)20(26-22)11-7-8-14-25-21(23)16-9-5-4-6-10-16/h4-6,9-10,12-13,15,20H,8,14H2,1-3H3. The number of fused-ring (bicyclic) bond motifs is 1. The number of carbonyl (C=O) groups is 1. The fourth-order valence-corrected chi connectivity index (χ4v) is 2.96. The maximum absolute atomic E-state index is 11.9. The molecule has 0 bridgehead atoms. The van der Waals surface area contributed by atoms with Crippen molar-refractivity contribution in [1.29, 1.82) is 0 Å². The lowest BCUT2D eigenvalue weighted by Crippen LogP contribution is -2.15. The van der Waals surface area contributed by atoms with Gasteiger partial charge in [0.2, 0.25) is 0 Å². The van der Waals surface area contributed by atoms with Crippen LogP contribution in [0, 0.1) is 11.8 Å². The average Bonchev–Trinajstić information content (AvgIpc) is 2.91. The zero-order chi connectivity index (χ0) is 18.6. The second-order valence-corrected chi connectivity index (χ2v) is 6.53. The molecular formula is C22H22O4. The van der Waals surface area contributed by atoms with Gasteiger partial charge in [0.1, 0.15) is 18.5 Å². The number of hydrogen-bond donors (Lipinski definition) is 0. The van der Waals surface area contributed by atoms with Gasteiger partial charge in [-0.1, -0.05) is 36.1 Å². The molecule has 1 aliphatic rings. The lowest BCUT2D eigenvalue weighted by atomic mass is 9.94. The monoisotopic (exact) mass is 350 g/mol. The van der Waals surface area contributed by atoms with E-state index < -0.39 is 5.60 Å². The van der Waals surface area contributed by atoms with Crippen LogP contribution >= 0.6 is 0 Å². The fraction of sp³-hybridized carbons (Fsp3) is 0.318. The summed E-state index contributed by atoms with van der Waals surface area (Å²) in [5.74, 6) is 6.67. The van der Waals surface area contributed by atoms with Gasteiger partial charge in [0.15, 0.2) is 0 Å². The van der Waals surface area contributed by atoms with Gasteiger partial charge < -0.3 is 14.2 Å². The van der Waals surface area contributed by atoms with E-state index in [1.807, 2.05) is 50.2 Å². The van der Waals surface area contributed by atoms with Crippen molar-refractivity contribution in [2.75, 3.05) is 13.7 Å². The molecule has 1 aliphatic heterocycles. The zero-order valence-corrected chi connectivity index (χ0v) is 15.2. The van der Waals surface area contributed by atoms with Gasteiger partial charge in [-0.2, -0.15) is 0 Å². The van der Waals surface area contributed by atoms with E-state index in [1.54, 1.807) is 19.2 Å². The van der Waals surface area contributed by atoms with Crippen molar-refractivity contribution in [2.24, 2.45) is 0 Å². The summed E-state index contributed by atoms with van der Waals surface area (Å²) < 4.78 is 16.6. The molecule has 0 radical (unpaired) electrons. The molecule has 26 heavy (non-hydrogen) atoms. The zero-order valence-electron chi connectivity index (χ0n) is 15.2. The van der Waals surface area contributed by atoms with Crippen LogP contribution in [-0.2, 0) is 15.1 Å². The van der Waals surface area contributed by atoms with Crippen molar-refractivity contribution < 1.29 is 19.0 Å². The van der Waals surface area contributed by atoms with Crippen LogP contribution in [0.5, 0.6) is 5.75 Å². The largest absolute Gasteiger partial charge is 0.497 e. The van der Waals surface area contributed by atoms with E-state index >= 15 is 0 Å². The third kappa shape index (κ3) is 3.89. The molecule has 0 saturated heterocycles. The summed E-state index contributed by atoms with van der Waals surface area (Å²) in [6.45, 7) is 4.30. The Kier molecular flexibility index (Phi) is 5.29. The molecule has 2 aromatic carbocycles. The van der Waals surface area contributed by atoms with Crippen molar-refractivity contribution in [3.8, 4) is 17.6 Å². The Morgan fingerprint density at radius 1 is 1.19 bits per heavy atom. The maximum Gasteiger partial charge on any atom is 0.338 e. The minimum atomic E-state index is -0.414. The van der Waals surface area contributed by atoms with Crippen molar-refractivity contribution in [3.63, 3.8) is 0 Å². The molecule has 0 N–H and O–H groups in total. The van der Waals surface area contributed by atoms with Crippen molar-refractivity contribution in [3.05, 3.63) is 65.2 Å². The Morgan fingerprint density at radius 2 is 1.96 bits per heavy atom. The average molecular weight is 350 g/mol. The number of hydrogen-bond acceptors (Lipinski definition) is 4. The second-order valence-electron chi connectivity index (χ2n) is 6.53. The highest BCUT2D eigenvalue weighted by Gasteiger charge is 2.37. The number of methoxy groups -OCH3 is 1. The highest BCUT2D eigenvalue weighted by molar-refractivity contribution is 5.89. The molecule has 4 nitrogen and oxygen atoms in total. The molecular weight excluding hydrogens is 328 g/mol. The highest BCUT2D eigenvalue weighted by atomic mass is 16.5. The van der Waals surface area contributed by atoms with Gasteiger partial charge in [0.05, 0.1) is 18.3 Å². The molecule has 0 fully saturated rings. The van der Waals surface area contributed by atoms with Gasteiger partial charge in [-0.15, -0.1) is 0 Å². The molecule has 2 aromatic rings. The Bertz CT molecular complexity index is 843. The van der Waals surface area contributed by atoms with E-state index in [4.69, 9.17) is 14.2 Å². The van der Waals surface area contributed by atoms with Crippen LogP contribution in [0.3, 0.4) is 0 Å². The lowest BCUT2D eigenvalue weighted by Gasteiger charge is -2.19. The summed E-state index contributed by atoms with van der Waals surface area (Å²) in [6, 6.07) is 14.8. The minimum absolute atomic E-state index is 0.256. The molecule has 1 atom stereocenters. The molecule has 3 rings (SSSR count). The number of carbonyl (C=O) groups excluding carboxylic acids is 1. The van der Waals surface area contributed by atoms with Gasteiger partial charge in [0, 0.05) is 6.42 Å². The SMILES string of the molecule is COc1ccc2c(c1)C(C)(C)OC2C#CCCOC(=O)c1ccccc1. The van der Waals surface area contributed by atoms with Gasteiger partial charge in [-0.25, -0.2) is 4.79 Å². The third-order valence-corrected chi connectivity index (χ3v) is 4.31. The number of ether oxygens (including phenoxy) is 3. The van der Waals surface area contributed by atoms with E-state index in [0.717, 1.165) is 16.9 Å². The first-order valence-corrected chi connectivity index (χ1v) is 8.58. The highest BCUT2D eigenvalue weighted by Crippen LogP contribution is 2.44. The topological polar surface area (TPSA) is 44.8 Å². The van der Waals surface area contributed by atoms with E-state index in [2.05, 4.69) is 11.8 Å². The number of rotatable bonds is 4. The first-order valence-electron chi connectivity index (χ1n) is 8.58. The summed E-state index contributed by atoms with van der Waals surface area (Å²) in [7, 11) is 1.65. The molecule has 1 heterocycles. The smallest absolute Gasteiger partial charge is 0.338 e. The lowest BCUT2D eigenvalue weighted by molar-refractivity contribution is -0.0268. The summed E-state index contributed by atoms with van der Waals surface area (Å²) in [5.41, 5.74) is 2.28. The quantitative estimate of drug-likeness (QED) is 0.470. The van der Waals surface area contributed by atoms with E-state index in [-0.39, 0.29) is 18.7 Å². The Balaban J connectivity index is 1.59. The number of esters is 1. The van der Waals surface area contributed by atoms with Crippen LogP contribution in [0.15, 0.2) is 48.5 Å². The van der Waals surface area contributed by atoms with Gasteiger partial charge in [-0.3, -0.25) is 0 Å². The predicted molar refractivity (Wildman–Crippen MR) is 99.0 cm³/mol. The van der Waals surface area contributed by atoms with Crippen LogP contribution < -0.4 is 4.74 Å². The number of benzene rings is 2. The summed E-state index contributed by atoms with van der Waals surface area (Å²) >= 11 is 0. The van der Waals surface area contributed by atoms with E-state index in [9.17, 15) is 4.79 Å². The van der Waals surface area contributed by atoms with Crippen LogP contribution in [-0.4, -0.2) is 19.7 Å².